The SMILES string of the molecule is CNC(=O)[C@H](Cc1ccccc1)N(Cc1cccc(C)c1)C(=O)CCCN(c1cc(Cl)ccc1Cl)S(C)(=O)=O. The summed E-state index contributed by atoms with van der Waals surface area (Å²) in [5.74, 6) is -0.532. The number of likely N-dealkylation sites (N-methyl/N-ethyl adjacent to an activating group) is 1. The van der Waals surface area contributed by atoms with Crippen LogP contribution in [-0.4, -0.2) is 51.0 Å². The standard InChI is InChI=1S/C29H33Cl2N3O4S/c1-21-9-7-12-23(17-21)20-33(27(29(36)32-2)18-22-10-5-4-6-11-22)28(35)13-8-16-34(39(3,37)38)26-19-24(30)14-15-25(26)31/h4-7,9-12,14-15,17,19,27H,8,13,16,18,20H2,1-3H3,(H,32,36)/t27-/m0/s1. The van der Waals surface area contributed by atoms with Gasteiger partial charge in [0.25, 0.3) is 0 Å². The zero-order valence-corrected chi connectivity index (χ0v) is 24.6. The van der Waals surface area contributed by atoms with Crippen molar-refractivity contribution in [1.82, 2.24) is 10.2 Å². The summed E-state index contributed by atoms with van der Waals surface area (Å²) < 4.78 is 26.3. The quantitative estimate of drug-likeness (QED) is 0.313. The molecule has 7 nitrogen and oxygen atoms in total. The number of nitrogens with one attached hydrogen (secondary N) is 1. The van der Waals surface area contributed by atoms with E-state index in [-0.39, 0.29) is 48.5 Å². The summed E-state index contributed by atoms with van der Waals surface area (Å²) in [5, 5.41) is 3.28. The van der Waals surface area contributed by atoms with E-state index >= 15 is 0 Å². The molecular formula is C29H33Cl2N3O4S. The van der Waals surface area contributed by atoms with Gasteiger partial charge in [-0.3, -0.25) is 13.9 Å². The fourth-order valence-corrected chi connectivity index (χ4v) is 5.79. The number of amides is 2. The van der Waals surface area contributed by atoms with Crippen LogP contribution in [-0.2, 0) is 32.6 Å². The zero-order chi connectivity index (χ0) is 28.6. The first-order valence-corrected chi connectivity index (χ1v) is 15.1. The van der Waals surface area contributed by atoms with E-state index < -0.39 is 16.1 Å². The van der Waals surface area contributed by atoms with Crippen molar-refractivity contribution in [3.05, 3.63) is 99.5 Å². The van der Waals surface area contributed by atoms with E-state index in [1.165, 1.54) is 12.1 Å². The summed E-state index contributed by atoms with van der Waals surface area (Å²) in [6, 6.07) is 21.1. The fraction of sp³-hybridized carbons (Fsp3) is 0.310. The highest BCUT2D eigenvalue weighted by atomic mass is 35.5. The molecule has 0 saturated heterocycles. The van der Waals surface area contributed by atoms with Crippen LogP contribution >= 0.6 is 23.2 Å². The average Bonchev–Trinajstić information content (AvgIpc) is 2.89. The lowest BCUT2D eigenvalue weighted by Crippen LogP contribution is -2.49. The Morgan fingerprint density at radius 3 is 2.28 bits per heavy atom. The van der Waals surface area contributed by atoms with Crippen LogP contribution in [0.4, 0.5) is 5.69 Å². The molecule has 10 heteroatoms. The van der Waals surface area contributed by atoms with Gasteiger partial charge in [0, 0.05) is 38.0 Å². The van der Waals surface area contributed by atoms with E-state index in [9.17, 15) is 18.0 Å². The van der Waals surface area contributed by atoms with Gasteiger partial charge in [0.05, 0.1) is 17.0 Å². The van der Waals surface area contributed by atoms with Crippen LogP contribution in [0.3, 0.4) is 0 Å². The number of rotatable bonds is 12. The lowest BCUT2D eigenvalue weighted by atomic mass is 10.0. The number of aryl methyl sites for hydroxylation is 1. The molecule has 0 radical (unpaired) electrons. The summed E-state index contributed by atoms with van der Waals surface area (Å²) in [5.41, 5.74) is 3.12. The van der Waals surface area contributed by atoms with E-state index in [0.717, 1.165) is 27.3 Å². The predicted molar refractivity (Wildman–Crippen MR) is 158 cm³/mol. The third kappa shape index (κ3) is 8.71. The second-order valence-electron chi connectivity index (χ2n) is 9.36. The molecule has 0 aromatic heterocycles. The number of anilines is 1. The summed E-state index contributed by atoms with van der Waals surface area (Å²) in [6.07, 6.45) is 1.66. The lowest BCUT2D eigenvalue weighted by Gasteiger charge is -2.31. The van der Waals surface area contributed by atoms with E-state index in [1.54, 1.807) is 18.0 Å². The molecule has 1 atom stereocenters. The van der Waals surface area contributed by atoms with Crippen molar-refractivity contribution in [2.75, 3.05) is 24.2 Å². The number of carbonyl (C=O) groups is 2. The van der Waals surface area contributed by atoms with Gasteiger partial charge in [-0.1, -0.05) is 83.4 Å². The second-order valence-corrected chi connectivity index (χ2v) is 12.1. The number of sulfonamides is 1. The molecule has 0 aliphatic heterocycles. The Morgan fingerprint density at radius 1 is 0.949 bits per heavy atom. The highest BCUT2D eigenvalue weighted by molar-refractivity contribution is 7.92. The van der Waals surface area contributed by atoms with Gasteiger partial charge in [-0.05, 0) is 42.7 Å². The number of halogens is 2. The van der Waals surface area contributed by atoms with Crippen molar-refractivity contribution < 1.29 is 18.0 Å². The molecule has 1 N–H and O–H groups in total. The Balaban J connectivity index is 1.86. The Morgan fingerprint density at radius 2 is 1.64 bits per heavy atom. The summed E-state index contributed by atoms with van der Waals surface area (Å²) in [7, 11) is -2.15. The summed E-state index contributed by atoms with van der Waals surface area (Å²) in [6.45, 7) is 2.23. The molecule has 2 amide bonds. The molecule has 0 unspecified atom stereocenters. The number of hydrogen-bond donors (Lipinski definition) is 1. The molecule has 3 aromatic rings. The van der Waals surface area contributed by atoms with Crippen molar-refractivity contribution in [2.24, 2.45) is 0 Å². The summed E-state index contributed by atoms with van der Waals surface area (Å²) >= 11 is 12.4. The van der Waals surface area contributed by atoms with E-state index in [0.29, 0.717) is 11.4 Å². The molecule has 0 saturated carbocycles. The van der Waals surface area contributed by atoms with Crippen LogP contribution in [0.5, 0.6) is 0 Å². The van der Waals surface area contributed by atoms with Crippen molar-refractivity contribution in [1.29, 1.82) is 0 Å². The van der Waals surface area contributed by atoms with Gasteiger partial charge in [0.1, 0.15) is 6.04 Å². The Kier molecular flexibility index (Phi) is 10.8. The highest BCUT2D eigenvalue weighted by Gasteiger charge is 2.30. The zero-order valence-electron chi connectivity index (χ0n) is 22.2. The van der Waals surface area contributed by atoms with Gasteiger partial charge in [-0.25, -0.2) is 8.42 Å². The number of nitrogens with zero attached hydrogens (tertiary/aromatic N) is 2. The molecule has 39 heavy (non-hydrogen) atoms. The van der Waals surface area contributed by atoms with Crippen LogP contribution < -0.4 is 9.62 Å². The third-order valence-corrected chi connectivity index (χ3v) is 8.02. The maximum atomic E-state index is 13.7. The maximum Gasteiger partial charge on any atom is 0.242 e. The van der Waals surface area contributed by atoms with Crippen LogP contribution in [0.15, 0.2) is 72.8 Å². The maximum absolute atomic E-state index is 13.7. The van der Waals surface area contributed by atoms with E-state index in [2.05, 4.69) is 5.32 Å². The smallest absolute Gasteiger partial charge is 0.242 e. The number of hydrogen-bond acceptors (Lipinski definition) is 4. The minimum absolute atomic E-state index is 0.0201. The first kappa shape index (κ1) is 30.5. The van der Waals surface area contributed by atoms with E-state index in [4.69, 9.17) is 23.2 Å². The molecule has 0 heterocycles. The Labute approximate surface area is 240 Å². The average molecular weight is 591 g/mol. The Hall–Kier alpha value is -3.07. The first-order chi connectivity index (χ1) is 18.5. The molecule has 0 spiro atoms. The monoisotopic (exact) mass is 589 g/mol. The lowest BCUT2D eigenvalue weighted by molar-refractivity contribution is -0.141. The van der Waals surface area contributed by atoms with Crippen LogP contribution in [0, 0.1) is 6.92 Å². The van der Waals surface area contributed by atoms with Gasteiger partial charge in [0.2, 0.25) is 21.8 Å². The number of carbonyl (C=O) groups excluding carboxylic acids is 2. The molecule has 0 bridgehead atoms. The van der Waals surface area contributed by atoms with Gasteiger partial charge < -0.3 is 10.2 Å². The molecule has 3 rings (SSSR count). The second kappa shape index (κ2) is 13.8. The normalized spacial score (nSPS) is 12.0. The van der Waals surface area contributed by atoms with Crippen molar-refractivity contribution in [2.45, 2.75) is 38.8 Å². The van der Waals surface area contributed by atoms with Crippen LogP contribution in [0.25, 0.3) is 0 Å². The van der Waals surface area contributed by atoms with E-state index in [1.807, 2.05) is 61.5 Å². The molecule has 0 aliphatic rings. The molecule has 208 valence electrons. The van der Waals surface area contributed by atoms with Gasteiger partial charge in [-0.15, -0.1) is 0 Å². The van der Waals surface area contributed by atoms with Crippen LogP contribution in [0.2, 0.25) is 10.0 Å². The highest BCUT2D eigenvalue weighted by Crippen LogP contribution is 2.31. The number of benzene rings is 3. The molecular weight excluding hydrogens is 557 g/mol. The topological polar surface area (TPSA) is 86.8 Å². The van der Waals surface area contributed by atoms with Crippen LogP contribution in [0.1, 0.15) is 29.5 Å². The molecule has 0 aliphatic carbocycles. The van der Waals surface area contributed by atoms with Gasteiger partial charge in [0.15, 0.2) is 0 Å². The fourth-order valence-electron chi connectivity index (χ4n) is 4.39. The van der Waals surface area contributed by atoms with Crippen molar-refractivity contribution >= 4 is 50.7 Å². The molecule has 3 aromatic carbocycles. The minimum Gasteiger partial charge on any atom is -0.357 e. The summed E-state index contributed by atoms with van der Waals surface area (Å²) in [4.78, 5) is 28.4. The Bertz CT molecular complexity index is 1400. The van der Waals surface area contributed by atoms with Crippen molar-refractivity contribution in [3.63, 3.8) is 0 Å². The first-order valence-electron chi connectivity index (χ1n) is 12.5. The minimum atomic E-state index is -3.70. The molecule has 0 fully saturated rings. The van der Waals surface area contributed by atoms with Gasteiger partial charge >= 0.3 is 0 Å². The third-order valence-electron chi connectivity index (χ3n) is 6.28. The van der Waals surface area contributed by atoms with Crippen molar-refractivity contribution in [3.8, 4) is 0 Å². The largest absolute Gasteiger partial charge is 0.357 e. The predicted octanol–water partition coefficient (Wildman–Crippen LogP) is 5.23. The van der Waals surface area contributed by atoms with Gasteiger partial charge in [-0.2, -0.15) is 0 Å².